The quantitative estimate of drug-likeness (QED) is 0.574. The van der Waals surface area contributed by atoms with Crippen LogP contribution in [0.1, 0.15) is 44.3 Å². The zero-order chi connectivity index (χ0) is 11.2. The van der Waals surface area contributed by atoms with E-state index >= 15 is 0 Å². The highest BCUT2D eigenvalue weighted by atomic mass is 16.3. The highest BCUT2D eigenvalue weighted by Gasteiger charge is 2.17. The summed E-state index contributed by atoms with van der Waals surface area (Å²) < 4.78 is 5.34. The molecule has 1 aromatic rings. The van der Waals surface area contributed by atoms with Gasteiger partial charge in [-0.05, 0) is 30.9 Å². The molecule has 2 rings (SSSR count). The minimum atomic E-state index is 0.353. The van der Waals surface area contributed by atoms with Crippen molar-refractivity contribution in [3.05, 3.63) is 24.2 Å². The molecule has 1 aliphatic carbocycles. The number of nitrogens with two attached hydrogens (primary N) is 1. The summed E-state index contributed by atoms with van der Waals surface area (Å²) in [6.45, 7) is 0. The van der Waals surface area contributed by atoms with Crippen molar-refractivity contribution in [3.63, 3.8) is 0 Å². The molecule has 3 nitrogen and oxygen atoms in total. The van der Waals surface area contributed by atoms with E-state index in [2.05, 4.69) is 5.43 Å². The minimum absolute atomic E-state index is 0.353. The number of nitrogens with one attached hydrogen (secondary N) is 1. The van der Waals surface area contributed by atoms with Crippen LogP contribution in [0.15, 0.2) is 22.8 Å². The highest BCUT2D eigenvalue weighted by Crippen LogP contribution is 2.29. The van der Waals surface area contributed by atoms with Gasteiger partial charge in [-0.2, -0.15) is 0 Å². The van der Waals surface area contributed by atoms with E-state index in [1.807, 2.05) is 12.1 Å². The second-order valence-electron chi connectivity index (χ2n) is 4.87. The third kappa shape index (κ3) is 3.35. The van der Waals surface area contributed by atoms with Crippen LogP contribution in [0.25, 0.3) is 0 Å². The standard InChI is InChI=1S/C13H22N2O/c14-15-12(10-13-6-3-9-16-13)8-7-11-4-1-2-5-11/h3,6,9,11-12,15H,1-2,4-5,7-8,10,14H2. The number of rotatable bonds is 6. The summed E-state index contributed by atoms with van der Waals surface area (Å²) in [6, 6.07) is 4.30. The van der Waals surface area contributed by atoms with Gasteiger partial charge in [0.25, 0.3) is 0 Å². The molecule has 0 bridgehead atoms. The van der Waals surface area contributed by atoms with Crippen LogP contribution >= 0.6 is 0 Å². The van der Waals surface area contributed by atoms with Crippen molar-refractivity contribution in [3.8, 4) is 0 Å². The average molecular weight is 222 g/mol. The van der Waals surface area contributed by atoms with Gasteiger partial charge < -0.3 is 4.42 Å². The van der Waals surface area contributed by atoms with Crippen molar-refractivity contribution in [1.82, 2.24) is 5.43 Å². The van der Waals surface area contributed by atoms with Crippen molar-refractivity contribution in [2.45, 2.75) is 51.0 Å². The van der Waals surface area contributed by atoms with Gasteiger partial charge in [0.15, 0.2) is 0 Å². The summed E-state index contributed by atoms with van der Waals surface area (Å²) in [4.78, 5) is 0. The van der Waals surface area contributed by atoms with Crippen LogP contribution < -0.4 is 11.3 Å². The lowest BCUT2D eigenvalue weighted by Gasteiger charge is -2.16. The second kappa shape index (κ2) is 6.06. The maximum absolute atomic E-state index is 5.58. The molecular formula is C13H22N2O. The van der Waals surface area contributed by atoms with Gasteiger partial charge >= 0.3 is 0 Å². The van der Waals surface area contributed by atoms with Crippen LogP contribution in [0.4, 0.5) is 0 Å². The number of hydrogen-bond donors (Lipinski definition) is 2. The zero-order valence-electron chi connectivity index (χ0n) is 9.82. The predicted molar refractivity (Wildman–Crippen MR) is 64.7 cm³/mol. The van der Waals surface area contributed by atoms with Crippen molar-refractivity contribution in [2.24, 2.45) is 11.8 Å². The molecule has 0 saturated heterocycles. The topological polar surface area (TPSA) is 51.2 Å². The zero-order valence-corrected chi connectivity index (χ0v) is 9.82. The van der Waals surface area contributed by atoms with E-state index in [0.717, 1.165) is 24.5 Å². The summed E-state index contributed by atoms with van der Waals surface area (Å²) >= 11 is 0. The first kappa shape index (κ1) is 11.7. The Labute approximate surface area is 97.4 Å². The van der Waals surface area contributed by atoms with Gasteiger partial charge in [0.05, 0.1) is 6.26 Å². The summed E-state index contributed by atoms with van der Waals surface area (Å²) in [5.41, 5.74) is 2.90. The molecule has 0 aliphatic heterocycles. The molecule has 1 fully saturated rings. The molecule has 1 atom stereocenters. The van der Waals surface area contributed by atoms with E-state index in [1.165, 1.54) is 32.1 Å². The number of hydrogen-bond acceptors (Lipinski definition) is 3. The monoisotopic (exact) mass is 222 g/mol. The Morgan fingerprint density at radius 2 is 2.25 bits per heavy atom. The summed E-state index contributed by atoms with van der Waals surface area (Å²) in [7, 11) is 0. The van der Waals surface area contributed by atoms with E-state index in [4.69, 9.17) is 10.3 Å². The molecule has 0 spiro atoms. The van der Waals surface area contributed by atoms with Gasteiger partial charge in [0.2, 0.25) is 0 Å². The molecule has 1 aliphatic rings. The lowest BCUT2D eigenvalue weighted by molar-refractivity contribution is 0.384. The Bertz CT molecular complexity index is 278. The van der Waals surface area contributed by atoms with Crippen LogP contribution in [0.2, 0.25) is 0 Å². The van der Waals surface area contributed by atoms with Crippen LogP contribution in [0, 0.1) is 5.92 Å². The Balaban J connectivity index is 1.72. The molecule has 90 valence electrons. The fourth-order valence-corrected chi connectivity index (χ4v) is 2.65. The first-order valence-corrected chi connectivity index (χ1v) is 6.37. The Morgan fingerprint density at radius 3 is 2.88 bits per heavy atom. The first-order chi connectivity index (χ1) is 7.88. The molecule has 3 N–H and O–H groups in total. The second-order valence-corrected chi connectivity index (χ2v) is 4.87. The summed E-state index contributed by atoms with van der Waals surface area (Å²) in [6.07, 6.45) is 10.7. The van der Waals surface area contributed by atoms with Gasteiger partial charge in [-0.1, -0.05) is 25.7 Å². The van der Waals surface area contributed by atoms with E-state index in [0.29, 0.717) is 6.04 Å². The lowest BCUT2D eigenvalue weighted by atomic mass is 9.97. The fourth-order valence-electron chi connectivity index (χ4n) is 2.65. The van der Waals surface area contributed by atoms with Crippen molar-refractivity contribution < 1.29 is 4.42 Å². The van der Waals surface area contributed by atoms with Crippen molar-refractivity contribution in [1.29, 1.82) is 0 Å². The SMILES string of the molecule is NNC(CCC1CCCC1)Cc1ccco1. The largest absolute Gasteiger partial charge is 0.469 e. The molecule has 1 saturated carbocycles. The average Bonchev–Trinajstić information content (AvgIpc) is 2.97. The predicted octanol–water partition coefficient (Wildman–Crippen LogP) is 2.62. The molecular weight excluding hydrogens is 200 g/mol. The van der Waals surface area contributed by atoms with Crippen LogP contribution in [0.5, 0.6) is 0 Å². The molecule has 1 aromatic heterocycles. The van der Waals surface area contributed by atoms with Crippen molar-refractivity contribution in [2.75, 3.05) is 0 Å². The minimum Gasteiger partial charge on any atom is -0.469 e. The fraction of sp³-hybridized carbons (Fsp3) is 0.692. The van der Waals surface area contributed by atoms with Crippen LogP contribution in [0.3, 0.4) is 0 Å². The van der Waals surface area contributed by atoms with E-state index in [9.17, 15) is 0 Å². The molecule has 16 heavy (non-hydrogen) atoms. The summed E-state index contributed by atoms with van der Waals surface area (Å²) in [5, 5.41) is 0. The van der Waals surface area contributed by atoms with Gasteiger partial charge in [-0.25, -0.2) is 0 Å². The molecule has 3 heteroatoms. The van der Waals surface area contributed by atoms with Gasteiger partial charge in [-0.3, -0.25) is 11.3 Å². The van der Waals surface area contributed by atoms with E-state index < -0.39 is 0 Å². The van der Waals surface area contributed by atoms with Crippen LogP contribution in [-0.2, 0) is 6.42 Å². The Morgan fingerprint density at radius 1 is 1.44 bits per heavy atom. The molecule has 1 heterocycles. The van der Waals surface area contributed by atoms with Crippen molar-refractivity contribution >= 4 is 0 Å². The normalized spacial score (nSPS) is 19.1. The smallest absolute Gasteiger partial charge is 0.105 e. The molecule has 0 aromatic carbocycles. The van der Waals surface area contributed by atoms with E-state index in [-0.39, 0.29) is 0 Å². The molecule has 0 amide bonds. The van der Waals surface area contributed by atoms with Gasteiger partial charge in [-0.15, -0.1) is 0 Å². The number of furan rings is 1. The van der Waals surface area contributed by atoms with Gasteiger partial charge in [0, 0.05) is 12.5 Å². The van der Waals surface area contributed by atoms with Gasteiger partial charge in [0.1, 0.15) is 5.76 Å². The maximum Gasteiger partial charge on any atom is 0.105 e. The highest BCUT2D eigenvalue weighted by molar-refractivity contribution is 5.00. The third-order valence-corrected chi connectivity index (χ3v) is 3.66. The number of hydrazine groups is 1. The first-order valence-electron chi connectivity index (χ1n) is 6.37. The lowest BCUT2D eigenvalue weighted by Crippen LogP contribution is -2.36. The van der Waals surface area contributed by atoms with Crippen LogP contribution in [-0.4, -0.2) is 6.04 Å². The Kier molecular flexibility index (Phi) is 4.43. The summed E-state index contributed by atoms with van der Waals surface area (Å²) in [5.74, 6) is 7.54. The molecule has 0 radical (unpaired) electrons. The van der Waals surface area contributed by atoms with E-state index in [1.54, 1.807) is 6.26 Å². The Hall–Kier alpha value is -0.800. The molecule has 1 unspecified atom stereocenters. The third-order valence-electron chi connectivity index (χ3n) is 3.66. The maximum atomic E-state index is 5.58.